The number of amides is 4. The third-order valence-electron chi connectivity index (χ3n) is 7.85. The van der Waals surface area contributed by atoms with E-state index < -0.39 is 22.5 Å². The minimum absolute atomic E-state index is 0.0167. The van der Waals surface area contributed by atoms with E-state index in [1.807, 2.05) is 144 Å². The van der Waals surface area contributed by atoms with Crippen LogP contribution < -0.4 is 32.7 Å². The van der Waals surface area contributed by atoms with Crippen molar-refractivity contribution in [2.24, 2.45) is 22.0 Å². The number of anilines is 4. The van der Waals surface area contributed by atoms with Crippen molar-refractivity contribution < 1.29 is 23.9 Å². The maximum atomic E-state index is 11.9. The molecule has 13 nitrogen and oxygen atoms in total. The molecule has 61 heavy (non-hydrogen) atoms. The first-order chi connectivity index (χ1) is 28.2. The van der Waals surface area contributed by atoms with Crippen molar-refractivity contribution >= 4 is 46.6 Å². The Morgan fingerprint density at radius 3 is 1.13 bits per heavy atom. The molecule has 4 rings (SSSR count). The van der Waals surface area contributed by atoms with E-state index in [0.29, 0.717) is 35.6 Å². The van der Waals surface area contributed by atoms with Gasteiger partial charge in [-0.25, -0.2) is 4.79 Å². The van der Waals surface area contributed by atoms with Crippen molar-refractivity contribution in [3.05, 3.63) is 119 Å². The molecule has 0 fully saturated rings. The van der Waals surface area contributed by atoms with Gasteiger partial charge in [-0.15, -0.1) is 0 Å². The molecular weight excluding hydrogens is 769 g/mol. The molecule has 0 saturated carbocycles. The number of alkyl carbamates (subject to hydrolysis) is 1. The summed E-state index contributed by atoms with van der Waals surface area (Å²) in [5.41, 5.74) is 15.3. The zero-order chi connectivity index (χ0) is 46.6. The molecule has 0 heterocycles. The summed E-state index contributed by atoms with van der Waals surface area (Å²) < 4.78 is 5.17. The standard InChI is InChI=1S/C17H26N2O3.C12H18N2O.C12H14N2O.C7H6N2/c1-16(2,3)14(20)19-13-9-7-12(8-10-13)11-18-15(21)22-17(4,5)6;2*1-12(2,3)11(15)14-10-6-4-9(8-13)5-7-10;8-5-6-1-3-7(9)4-2-6/h7-10H,11H2,1-6H3,(H,18,21)(H,19,20);4-7H,8,13H2,1-3H3,(H,14,15);4-7H,1-3H3,(H,14,15);1-4H,9H2. The first-order valence-corrected chi connectivity index (χ1v) is 19.7. The molecular formula is C48H64N8O5. The zero-order valence-corrected chi connectivity index (χ0v) is 37.7. The average Bonchev–Trinajstić information content (AvgIpc) is 3.17. The van der Waals surface area contributed by atoms with E-state index >= 15 is 0 Å². The first kappa shape index (κ1) is 52.3. The summed E-state index contributed by atoms with van der Waals surface area (Å²) in [6.45, 7) is 23.2. The number of hydrogen-bond donors (Lipinski definition) is 6. The highest BCUT2D eigenvalue weighted by atomic mass is 16.6. The summed E-state index contributed by atoms with van der Waals surface area (Å²) in [5.74, 6) is -0.0534. The highest BCUT2D eigenvalue weighted by Gasteiger charge is 2.23. The Kier molecular flexibility index (Phi) is 20.4. The van der Waals surface area contributed by atoms with Crippen LogP contribution in [0.3, 0.4) is 0 Å². The van der Waals surface area contributed by atoms with Gasteiger partial charge in [0.15, 0.2) is 0 Å². The lowest BCUT2D eigenvalue weighted by atomic mass is 9.95. The molecule has 0 saturated heterocycles. The number of rotatable bonds is 6. The number of nitrogen functional groups attached to an aromatic ring is 1. The molecule has 13 heteroatoms. The summed E-state index contributed by atoms with van der Waals surface area (Å²) in [6.07, 6.45) is -0.447. The molecule has 0 bridgehead atoms. The number of nitrogens with zero attached hydrogens (tertiary/aromatic N) is 2. The van der Waals surface area contributed by atoms with Gasteiger partial charge in [-0.3, -0.25) is 14.4 Å². The summed E-state index contributed by atoms with van der Waals surface area (Å²) in [4.78, 5) is 46.7. The minimum Gasteiger partial charge on any atom is -0.444 e. The predicted octanol–water partition coefficient (Wildman–Crippen LogP) is 9.51. The zero-order valence-electron chi connectivity index (χ0n) is 37.7. The maximum absolute atomic E-state index is 11.9. The molecule has 4 aromatic carbocycles. The number of carbonyl (C=O) groups excluding carboxylic acids is 4. The van der Waals surface area contributed by atoms with Crippen LogP contribution in [0, 0.1) is 38.9 Å². The lowest BCUT2D eigenvalue weighted by Crippen LogP contribution is -2.32. The number of hydrogen-bond acceptors (Lipinski definition) is 9. The molecule has 8 N–H and O–H groups in total. The van der Waals surface area contributed by atoms with Crippen molar-refractivity contribution in [3.63, 3.8) is 0 Å². The highest BCUT2D eigenvalue weighted by molar-refractivity contribution is 5.95. The van der Waals surface area contributed by atoms with Gasteiger partial charge in [0.25, 0.3) is 0 Å². The fourth-order valence-corrected chi connectivity index (χ4v) is 4.06. The lowest BCUT2D eigenvalue weighted by molar-refractivity contribution is -0.123. The molecule has 0 aliphatic heterocycles. The van der Waals surface area contributed by atoms with Crippen molar-refractivity contribution in [2.45, 2.75) is 102 Å². The Labute approximate surface area is 362 Å². The molecule has 0 atom stereocenters. The predicted molar refractivity (Wildman–Crippen MR) is 245 cm³/mol. The van der Waals surface area contributed by atoms with Gasteiger partial charge in [-0.1, -0.05) is 86.6 Å². The number of ether oxygens (including phenoxy) is 1. The monoisotopic (exact) mass is 832 g/mol. The average molecular weight is 833 g/mol. The van der Waals surface area contributed by atoms with Crippen LogP contribution in [0.25, 0.3) is 0 Å². The molecule has 4 aromatic rings. The third-order valence-corrected chi connectivity index (χ3v) is 7.85. The minimum atomic E-state index is -0.509. The summed E-state index contributed by atoms with van der Waals surface area (Å²) in [6, 6.07) is 32.5. The number of nitrogens with two attached hydrogens (primary N) is 2. The van der Waals surface area contributed by atoms with Crippen molar-refractivity contribution in [1.82, 2.24) is 5.32 Å². The lowest BCUT2D eigenvalue weighted by Gasteiger charge is -2.20. The van der Waals surface area contributed by atoms with E-state index in [9.17, 15) is 19.2 Å². The van der Waals surface area contributed by atoms with E-state index in [-0.39, 0.29) is 23.1 Å². The van der Waals surface area contributed by atoms with Crippen molar-refractivity contribution in [1.29, 1.82) is 10.5 Å². The number of benzene rings is 4. The van der Waals surface area contributed by atoms with E-state index in [1.54, 1.807) is 48.5 Å². The topological polar surface area (TPSA) is 225 Å². The fourth-order valence-electron chi connectivity index (χ4n) is 4.06. The number of nitrogens with one attached hydrogen (secondary N) is 4. The van der Waals surface area contributed by atoms with E-state index in [0.717, 1.165) is 22.5 Å². The van der Waals surface area contributed by atoms with E-state index in [2.05, 4.69) is 21.3 Å². The summed E-state index contributed by atoms with van der Waals surface area (Å²) in [7, 11) is 0. The van der Waals surface area contributed by atoms with E-state index in [4.69, 9.17) is 26.7 Å². The van der Waals surface area contributed by atoms with Gasteiger partial charge in [0.2, 0.25) is 17.7 Å². The Balaban J connectivity index is 0.000000424. The van der Waals surface area contributed by atoms with Crippen LogP contribution in [-0.2, 0) is 32.2 Å². The molecule has 4 amide bonds. The molecule has 0 radical (unpaired) electrons. The van der Waals surface area contributed by atoms with Crippen LogP contribution >= 0.6 is 0 Å². The number of carbonyl (C=O) groups is 4. The smallest absolute Gasteiger partial charge is 0.407 e. The van der Waals surface area contributed by atoms with Gasteiger partial charge in [-0.2, -0.15) is 10.5 Å². The molecule has 0 spiro atoms. The SMILES string of the molecule is CC(C)(C)C(=O)Nc1ccc(C#N)cc1.CC(C)(C)C(=O)Nc1ccc(CN)cc1.CC(C)(C)OC(=O)NCc1ccc(NC(=O)C(C)(C)C)cc1.N#Cc1ccc(N)cc1. The Bertz CT molecular complexity index is 2090. The number of nitriles is 2. The van der Waals surface area contributed by atoms with Crippen molar-refractivity contribution in [2.75, 3.05) is 21.7 Å². The van der Waals surface area contributed by atoms with Crippen LogP contribution in [0.4, 0.5) is 27.5 Å². The van der Waals surface area contributed by atoms with Crippen molar-refractivity contribution in [3.8, 4) is 12.1 Å². The molecule has 0 aliphatic carbocycles. The van der Waals surface area contributed by atoms with Gasteiger partial charge in [0.1, 0.15) is 5.60 Å². The molecule has 0 unspecified atom stereocenters. The second kappa shape index (κ2) is 23.8. The quantitative estimate of drug-likeness (QED) is 0.102. The summed E-state index contributed by atoms with van der Waals surface area (Å²) >= 11 is 0. The van der Waals surface area contributed by atoms with Gasteiger partial charge in [0.05, 0.1) is 23.3 Å². The van der Waals surface area contributed by atoms with Crippen LogP contribution in [0.5, 0.6) is 0 Å². The second-order valence-corrected chi connectivity index (χ2v) is 18.0. The van der Waals surface area contributed by atoms with E-state index in [1.165, 1.54) is 0 Å². The van der Waals surface area contributed by atoms with Crippen LogP contribution in [0.15, 0.2) is 97.1 Å². The van der Waals surface area contributed by atoms with Crippen LogP contribution in [0.1, 0.15) is 105 Å². The van der Waals surface area contributed by atoms with Gasteiger partial charge in [-0.05, 0) is 105 Å². The first-order valence-electron chi connectivity index (χ1n) is 19.7. The Morgan fingerprint density at radius 1 is 0.525 bits per heavy atom. The normalized spacial score (nSPS) is 10.8. The molecule has 0 aliphatic rings. The largest absolute Gasteiger partial charge is 0.444 e. The van der Waals surface area contributed by atoms with Gasteiger partial charge >= 0.3 is 6.09 Å². The molecule has 0 aromatic heterocycles. The second-order valence-electron chi connectivity index (χ2n) is 18.0. The maximum Gasteiger partial charge on any atom is 0.407 e. The Morgan fingerprint density at radius 2 is 0.836 bits per heavy atom. The van der Waals surface area contributed by atoms with Gasteiger partial charge < -0.3 is 37.5 Å². The molecule has 326 valence electrons. The summed E-state index contributed by atoms with van der Waals surface area (Å²) in [5, 5.41) is 28.1. The highest BCUT2D eigenvalue weighted by Crippen LogP contribution is 2.20. The third kappa shape index (κ3) is 22.3. The van der Waals surface area contributed by atoms with Crippen LogP contribution in [-0.4, -0.2) is 29.4 Å². The van der Waals surface area contributed by atoms with Crippen LogP contribution in [0.2, 0.25) is 0 Å². The Hall–Kier alpha value is -6.70. The van der Waals surface area contributed by atoms with Gasteiger partial charge in [0, 0.05) is 52.1 Å². The fraction of sp³-hybridized carbons (Fsp3) is 0.375.